The molecule has 4 amide bonds. The van der Waals surface area contributed by atoms with Crippen molar-refractivity contribution < 1.29 is 14.4 Å². The molecule has 0 atom stereocenters. The fourth-order valence-corrected chi connectivity index (χ4v) is 1.53. The molecule has 1 fully saturated rings. The Morgan fingerprint density at radius 2 is 1.38 bits per heavy atom. The molecule has 1 aliphatic rings. The Bertz CT molecular complexity index is 320. The van der Waals surface area contributed by atoms with Gasteiger partial charge in [-0.3, -0.25) is 20.2 Å². The molecule has 1 heterocycles. The summed E-state index contributed by atoms with van der Waals surface area (Å²) in [6.45, 7) is 6.98. The summed E-state index contributed by atoms with van der Waals surface area (Å²) >= 11 is 0. The molecule has 16 heavy (non-hydrogen) atoms. The second-order valence-corrected chi connectivity index (χ2v) is 3.31. The molecule has 1 saturated heterocycles. The van der Waals surface area contributed by atoms with Crippen molar-refractivity contribution in [3.8, 4) is 0 Å². The Hall–Kier alpha value is -0.910. The summed E-state index contributed by atoms with van der Waals surface area (Å²) in [5.41, 5.74) is -1.28. The summed E-state index contributed by atoms with van der Waals surface area (Å²) < 4.78 is 0. The van der Waals surface area contributed by atoms with E-state index in [2.05, 4.69) is 23.8 Å². The summed E-state index contributed by atoms with van der Waals surface area (Å²) in [5.74, 6) is -1.20. The van der Waals surface area contributed by atoms with E-state index in [-0.39, 0.29) is 42.4 Å². The molecule has 0 aliphatic carbocycles. The summed E-state index contributed by atoms with van der Waals surface area (Å²) in [5, 5.41) is 4.13. The van der Waals surface area contributed by atoms with Gasteiger partial charge in [-0.05, 0) is 12.8 Å². The van der Waals surface area contributed by atoms with Crippen molar-refractivity contribution in [3.05, 3.63) is 25.3 Å². The van der Waals surface area contributed by atoms with Crippen LogP contribution in [0, 0.1) is 5.41 Å². The van der Waals surface area contributed by atoms with Gasteiger partial charge in [0.05, 0.1) is 0 Å². The number of imide groups is 2. The number of hydrogen-bond acceptors (Lipinski definition) is 3. The molecule has 0 radical (unpaired) electrons. The van der Waals surface area contributed by atoms with Gasteiger partial charge in [-0.2, -0.15) is 0 Å². The van der Waals surface area contributed by atoms with E-state index in [9.17, 15) is 14.4 Å². The van der Waals surface area contributed by atoms with Crippen molar-refractivity contribution in [3.63, 3.8) is 0 Å². The van der Waals surface area contributed by atoms with Crippen LogP contribution in [-0.4, -0.2) is 47.4 Å². The van der Waals surface area contributed by atoms with Crippen LogP contribution in [0.4, 0.5) is 4.79 Å². The second-order valence-electron chi connectivity index (χ2n) is 3.31. The number of barbiturate groups is 1. The molecule has 0 aromatic heterocycles. The van der Waals surface area contributed by atoms with Crippen molar-refractivity contribution in [2.75, 3.05) is 0 Å². The first-order valence-corrected chi connectivity index (χ1v) is 4.45. The van der Waals surface area contributed by atoms with Crippen LogP contribution < -0.4 is 10.6 Å². The van der Waals surface area contributed by atoms with E-state index >= 15 is 0 Å². The monoisotopic (exact) mass is 232 g/mol. The Morgan fingerprint density at radius 3 is 1.69 bits per heavy atom. The molecule has 2 N–H and O–H groups in total. The Kier molecular flexibility index (Phi) is 5.64. The zero-order chi connectivity index (χ0) is 11.5. The van der Waals surface area contributed by atoms with Crippen LogP contribution in [0.3, 0.4) is 0 Å². The van der Waals surface area contributed by atoms with Gasteiger partial charge in [0.15, 0.2) is 0 Å². The van der Waals surface area contributed by atoms with E-state index in [1.807, 2.05) is 0 Å². The van der Waals surface area contributed by atoms with Crippen molar-refractivity contribution in [1.82, 2.24) is 10.6 Å². The van der Waals surface area contributed by atoms with Gasteiger partial charge in [-0.25, -0.2) is 4.79 Å². The van der Waals surface area contributed by atoms with Gasteiger partial charge in [0.2, 0.25) is 11.8 Å². The SMILES string of the molecule is C=CCC1(CC=C)C(=O)NC(=O)NC1=O.[NaH]. The van der Waals surface area contributed by atoms with Crippen LogP contribution in [0.2, 0.25) is 0 Å². The van der Waals surface area contributed by atoms with Crippen LogP contribution in [0.25, 0.3) is 0 Å². The number of rotatable bonds is 4. The molecular formula is C10H13N2NaO3. The summed E-state index contributed by atoms with van der Waals surface area (Å²) in [7, 11) is 0. The number of carbonyl (C=O) groups excluding carboxylic acids is 3. The number of carbonyl (C=O) groups is 3. The molecule has 6 heteroatoms. The van der Waals surface area contributed by atoms with E-state index < -0.39 is 23.3 Å². The van der Waals surface area contributed by atoms with Crippen LogP contribution >= 0.6 is 0 Å². The standard InChI is InChI=1S/C10H12N2O3.Na.H/c1-3-5-10(6-4-2)7(13)11-9(15)12-8(10)14;;/h3-4H,1-2,5-6H2,(H2,11,12,13,14,15);;. The first-order valence-electron chi connectivity index (χ1n) is 4.45. The Balaban J connectivity index is 0.00000225. The molecule has 0 unspecified atom stereocenters. The van der Waals surface area contributed by atoms with Gasteiger partial charge in [-0.1, -0.05) is 12.2 Å². The summed E-state index contributed by atoms with van der Waals surface area (Å²) in [4.78, 5) is 34.1. The third-order valence-corrected chi connectivity index (χ3v) is 2.31. The number of nitrogens with one attached hydrogen (secondary N) is 2. The molecule has 1 aliphatic heterocycles. The van der Waals surface area contributed by atoms with Gasteiger partial charge in [0.25, 0.3) is 0 Å². The molecule has 0 aromatic carbocycles. The van der Waals surface area contributed by atoms with E-state index in [1.165, 1.54) is 12.2 Å². The van der Waals surface area contributed by atoms with E-state index in [4.69, 9.17) is 0 Å². The van der Waals surface area contributed by atoms with E-state index in [1.54, 1.807) is 0 Å². The van der Waals surface area contributed by atoms with Crippen molar-refractivity contribution in [2.24, 2.45) is 5.41 Å². The Morgan fingerprint density at radius 1 is 1.00 bits per heavy atom. The van der Waals surface area contributed by atoms with Crippen molar-refractivity contribution >= 4 is 47.4 Å². The molecule has 1 rings (SSSR count). The minimum absolute atomic E-state index is 0. The number of amides is 4. The Labute approximate surface area is 116 Å². The second kappa shape index (κ2) is 5.98. The predicted octanol–water partition coefficient (Wildman–Crippen LogP) is -0.158. The number of urea groups is 1. The van der Waals surface area contributed by atoms with Crippen LogP contribution in [0.15, 0.2) is 25.3 Å². The molecule has 0 bridgehead atoms. The zero-order valence-corrected chi connectivity index (χ0v) is 8.21. The molecule has 5 nitrogen and oxygen atoms in total. The van der Waals surface area contributed by atoms with Gasteiger partial charge in [0, 0.05) is 0 Å². The summed E-state index contributed by atoms with van der Waals surface area (Å²) in [6, 6.07) is -0.784. The topological polar surface area (TPSA) is 75.3 Å². The fraction of sp³-hybridized carbons (Fsp3) is 0.300. The number of hydrogen-bond donors (Lipinski definition) is 2. The maximum absolute atomic E-state index is 11.6. The third kappa shape index (κ3) is 2.61. The average molecular weight is 232 g/mol. The van der Waals surface area contributed by atoms with Crippen molar-refractivity contribution in [1.29, 1.82) is 0 Å². The zero-order valence-electron chi connectivity index (χ0n) is 8.21. The van der Waals surface area contributed by atoms with E-state index in [0.29, 0.717) is 0 Å². The van der Waals surface area contributed by atoms with Gasteiger partial charge < -0.3 is 0 Å². The van der Waals surface area contributed by atoms with E-state index in [0.717, 1.165) is 0 Å². The first kappa shape index (κ1) is 15.1. The molecule has 82 valence electrons. The molecule has 0 aromatic rings. The molecular weight excluding hydrogens is 219 g/mol. The summed E-state index contributed by atoms with van der Waals surface area (Å²) in [6.07, 6.45) is 3.28. The number of allylic oxidation sites excluding steroid dienone is 2. The quantitative estimate of drug-likeness (QED) is 0.402. The predicted molar refractivity (Wildman–Crippen MR) is 60.9 cm³/mol. The van der Waals surface area contributed by atoms with Crippen LogP contribution in [0.1, 0.15) is 12.8 Å². The van der Waals surface area contributed by atoms with Gasteiger partial charge in [0.1, 0.15) is 5.41 Å². The van der Waals surface area contributed by atoms with Crippen molar-refractivity contribution in [2.45, 2.75) is 12.8 Å². The van der Waals surface area contributed by atoms with Crippen LogP contribution in [0.5, 0.6) is 0 Å². The molecule has 0 saturated carbocycles. The minimum atomic E-state index is -1.28. The fourth-order valence-electron chi connectivity index (χ4n) is 1.53. The van der Waals surface area contributed by atoms with Crippen LogP contribution in [-0.2, 0) is 9.59 Å². The van der Waals surface area contributed by atoms with Gasteiger partial charge in [-0.15, -0.1) is 13.2 Å². The third-order valence-electron chi connectivity index (χ3n) is 2.31. The normalized spacial score (nSPS) is 17.9. The maximum atomic E-state index is 11.6. The van der Waals surface area contributed by atoms with Gasteiger partial charge >= 0.3 is 35.6 Å². The first-order chi connectivity index (χ1) is 7.06. The molecule has 0 spiro atoms. The average Bonchev–Trinajstić information content (AvgIpc) is 2.14.